The van der Waals surface area contributed by atoms with E-state index in [0.29, 0.717) is 11.6 Å². The highest BCUT2D eigenvalue weighted by Gasteiger charge is 2.40. The van der Waals surface area contributed by atoms with E-state index >= 15 is 0 Å². The fourth-order valence-electron chi connectivity index (χ4n) is 1.63. The molecule has 2 N–H and O–H groups in total. The number of hydrogen-bond acceptors (Lipinski definition) is 3. The van der Waals surface area contributed by atoms with Gasteiger partial charge in [0.2, 0.25) is 0 Å². The highest BCUT2D eigenvalue weighted by atomic mass is 16.1. The van der Waals surface area contributed by atoms with Crippen LogP contribution < -0.4 is 10.9 Å². The van der Waals surface area contributed by atoms with E-state index in [1.54, 1.807) is 6.92 Å². The van der Waals surface area contributed by atoms with Gasteiger partial charge in [-0.05, 0) is 26.2 Å². The number of hydrogen-bond donors (Lipinski definition) is 2. The molecule has 0 aliphatic heterocycles. The van der Waals surface area contributed by atoms with Gasteiger partial charge in [-0.2, -0.15) is 0 Å². The lowest BCUT2D eigenvalue weighted by molar-refractivity contribution is 0.696. The van der Waals surface area contributed by atoms with E-state index in [-0.39, 0.29) is 11.1 Å². The first-order chi connectivity index (χ1) is 6.63. The van der Waals surface area contributed by atoms with Gasteiger partial charge >= 0.3 is 0 Å². The SMILES string of the molecule is CCC1(Nc2cc(=O)[nH]c(C)n2)CC1. The monoisotopic (exact) mass is 193 g/mol. The molecule has 0 spiro atoms. The van der Waals surface area contributed by atoms with Crippen LogP contribution in [0, 0.1) is 6.92 Å². The highest BCUT2D eigenvalue weighted by molar-refractivity contribution is 5.39. The van der Waals surface area contributed by atoms with E-state index in [4.69, 9.17) is 0 Å². The number of nitrogens with zero attached hydrogens (tertiary/aromatic N) is 1. The Kier molecular flexibility index (Phi) is 2.06. The van der Waals surface area contributed by atoms with Gasteiger partial charge in [-0.3, -0.25) is 4.79 Å². The summed E-state index contributed by atoms with van der Waals surface area (Å²) in [5.41, 5.74) is 0.125. The zero-order valence-electron chi connectivity index (χ0n) is 8.55. The molecule has 1 heterocycles. The van der Waals surface area contributed by atoms with Gasteiger partial charge in [0.1, 0.15) is 11.6 Å². The van der Waals surface area contributed by atoms with Gasteiger partial charge in [0, 0.05) is 11.6 Å². The molecular formula is C10H15N3O. The van der Waals surface area contributed by atoms with E-state index in [9.17, 15) is 4.79 Å². The number of aromatic nitrogens is 2. The third-order valence-electron chi connectivity index (χ3n) is 2.78. The first-order valence-electron chi connectivity index (χ1n) is 5.00. The lowest BCUT2D eigenvalue weighted by Crippen LogP contribution is -2.22. The summed E-state index contributed by atoms with van der Waals surface area (Å²) >= 11 is 0. The molecule has 1 aliphatic rings. The molecule has 4 heteroatoms. The highest BCUT2D eigenvalue weighted by Crippen LogP contribution is 2.41. The van der Waals surface area contributed by atoms with Crippen molar-refractivity contribution in [3.05, 3.63) is 22.2 Å². The maximum atomic E-state index is 11.2. The van der Waals surface area contributed by atoms with Gasteiger partial charge in [0.15, 0.2) is 0 Å². The quantitative estimate of drug-likeness (QED) is 0.763. The third kappa shape index (κ3) is 1.78. The zero-order valence-corrected chi connectivity index (χ0v) is 8.55. The average molecular weight is 193 g/mol. The molecule has 1 aromatic heterocycles. The van der Waals surface area contributed by atoms with Gasteiger partial charge in [0.05, 0.1) is 0 Å². The molecule has 0 radical (unpaired) electrons. The normalized spacial score (nSPS) is 17.9. The number of nitrogens with one attached hydrogen (secondary N) is 2. The van der Waals surface area contributed by atoms with Crippen LogP contribution in [0.5, 0.6) is 0 Å². The van der Waals surface area contributed by atoms with Gasteiger partial charge < -0.3 is 10.3 Å². The number of anilines is 1. The lowest BCUT2D eigenvalue weighted by atomic mass is 10.2. The molecule has 4 nitrogen and oxygen atoms in total. The summed E-state index contributed by atoms with van der Waals surface area (Å²) in [4.78, 5) is 18.0. The van der Waals surface area contributed by atoms with E-state index in [2.05, 4.69) is 22.2 Å². The molecule has 0 saturated heterocycles. The van der Waals surface area contributed by atoms with Gasteiger partial charge in [-0.25, -0.2) is 4.98 Å². The molecule has 2 rings (SSSR count). The average Bonchev–Trinajstić information content (AvgIpc) is 2.83. The fraction of sp³-hybridized carbons (Fsp3) is 0.600. The Bertz CT molecular complexity index is 393. The molecular weight excluding hydrogens is 178 g/mol. The van der Waals surface area contributed by atoms with Crippen LogP contribution in [0.25, 0.3) is 0 Å². The zero-order chi connectivity index (χ0) is 10.2. The lowest BCUT2D eigenvalue weighted by Gasteiger charge is -2.15. The van der Waals surface area contributed by atoms with Crippen molar-refractivity contribution in [2.75, 3.05) is 5.32 Å². The van der Waals surface area contributed by atoms with Crippen molar-refractivity contribution in [1.29, 1.82) is 0 Å². The second-order valence-electron chi connectivity index (χ2n) is 3.97. The molecule has 76 valence electrons. The van der Waals surface area contributed by atoms with Crippen molar-refractivity contribution in [2.24, 2.45) is 0 Å². The van der Waals surface area contributed by atoms with Crippen molar-refractivity contribution in [3.8, 4) is 0 Å². The summed E-state index contributed by atoms with van der Waals surface area (Å²) < 4.78 is 0. The van der Waals surface area contributed by atoms with E-state index in [1.165, 1.54) is 18.9 Å². The van der Waals surface area contributed by atoms with Gasteiger partial charge in [-0.15, -0.1) is 0 Å². The smallest absolute Gasteiger partial charge is 0.252 e. The molecule has 1 fully saturated rings. The van der Waals surface area contributed by atoms with E-state index < -0.39 is 0 Å². The largest absolute Gasteiger partial charge is 0.364 e. The van der Waals surface area contributed by atoms with Crippen LogP contribution in [-0.4, -0.2) is 15.5 Å². The number of aryl methyl sites for hydroxylation is 1. The molecule has 1 saturated carbocycles. The van der Waals surface area contributed by atoms with E-state index in [1.807, 2.05) is 0 Å². The number of aromatic amines is 1. The van der Waals surface area contributed by atoms with Gasteiger partial charge in [0.25, 0.3) is 5.56 Å². The summed E-state index contributed by atoms with van der Waals surface area (Å²) in [6.07, 6.45) is 3.44. The molecule has 0 aromatic carbocycles. The van der Waals surface area contributed by atoms with Crippen LogP contribution in [0.4, 0.5) is 5.82 Å². The summed E-state index contributed by atoms with van der Waals surface area (Å²) in [7, 11) is 0. The summed E-state index contributed by atoms with van der Waals surface area (Å²) in [6, 6.07) is 1.52. The minimum absolute atomic E-state index is 0.0908. The molecule has 0 bridgehead atoms. The number of H-pyrrole nitrogens is 1. The molecule has 14 heavy (non-hydrogen) atoms. The van der Waals surface area contributed by atoms with Crippen molar-refractivity contribution >= 4 is 5.82 Å². The first kappa shape index (κ1) is 9.24. The van der Waals surface area contributed by atoms with Crippen molar-refractivity contribution in [3.63, 3.8) is 0 Å². The van der Waals surface area contributed by atoms with Crippen LogP contribution in [0.3, 0.4) is 0 Å². The van der Waals surface area contributed by atoms with Crippen LogP contribution in [0.15, 0.2) is 10.9 Å². The Morgan fingerprint density at radius 3 is 2.86 bits per heavy atom. The predicted molar refractivity (Wildman–Crippen MR) is 55.5 cm³/mol. The maximum absolute atomic E-state index is 11.2. The van der Waals surface area contributed by atoms with Crippen LogP contribution in [0.1, 0.15) is 32.0 Å². The van der Waals surface area contributed by atoms with Gasteiger partial charge in [-0.1, -0.05) is 6.92 Å². The second-order valence-corrected chi connectivity index (χ2v) is 3.97. The minimum Gasteiger partial charge on any atom is -0.364 e. The Morgan fingerprint density at radius 2 is 2.36 bits per heavy atom. The standard InChI is InChI=1S/C10H15N3O/c1-3-10(4-5-10)13-8-6-9(14)12-7(2)11-8/h6H,3-5H2,1-2H3,(H2,11,12,13,14). The molecule has 0 unspecified atom stereocenters. The molecule has 1 aromatic rings. The minimum atomic E-state index is -0.0908. The summed E-state index contributed by atoms with van der Waals surface area (Å²) in [5.74, 6) is 1.36. The maximum Gasteiger partial charge on any atom is 0.252 e. The Morgan fingerprint density at radius 1 is 1.64 bits per heavy atom. The fourth-order valence-corrected chi connectivity index (χ4v) is 1.63. The topological polar surface area (TPSA) is 57.8 Å². The number of rotatable bonds is 3. The first-order valence-corrected chi connectivity index (χ1v) is 5.00. The van der Waals surface area contributed by atoms with Crippen LogP contribution in [-0.2, 0) is 0 Å². The second kappa shape index (κ2) is 3.12. The van der Waals surface area contributed by atoms with E-state index in [0.717, 1.165) is 6.42 Å². The summed E-state index contributed by atoms with van der Waals surface area (Å²) in [5, 5.41) is 3.33. The third-order valence-corrected chi connectivity index (χ3v) is 2.78. The van der Waals surface area contributed by atoms with Crippen molar-refractivity contribution in [1.82, 2.24) is 9.97 Å². The molecule has 0 amide bonds. The Labute approximate surface area is 82.8 Å². The molecule has 1 aliphatic carbocycles. The van der Waals surface area contributed by atoms with Crippen LogP contribution >= 0.6 is 0 Å². The molecule has 0 atom stereocenters. The van der Waals surface area contributed by atoms with Crippen molar-refractivity contribution in [2.45, 2.75) is 38.6 Å². The van der Waals surface area contributed by atoms with Crippen LogP contribution in [0.2, 0.25) is 0 Å². The predicted octanol–water partition coefficient (Wildman–Crippen LogP) is 1.43. The Balaban J connectivity index is 2.21. The Hall–Kier alpha value is -1.32. The summed E-state index contributed by atoms with van der Waals surface area (Å²) in [6.45, 7) is 3.94. The van der Waals surface area contributed by atoms with Crippen molar-refractivity contribution < 1.29 is 0 Å².